The number of aromatic nitrogens is 2. The molecule has 1 amide bonds. The Kier molecular flexibility index (Phi) is 5.95. The van der Waals surface area contributed by atoms with E-state index < -0.39 is 0 Å². The maximum absolute atomic E-state index is 12.9. The second-order valence-corrected chi connectivity index (χ2v) is 6.75. The summed E-state index contributed by atoms with van der Waals surface area (Å²) in [6, 6.07) is 8.10. The summed E-state index contributed by atoms with van der Waals surface area (Å²) in [4.78, 5) is 23.1. The van der Waals surface area contributed by atoms with Crippen molar-refractivity contribution >= 4 is 5.91 Å². The molecule has 0 N–H and O–H groups in total. The van der Waals surface area contributed by atoms with Gasteiger partial charge in [0, 0.05) is 49.4 Å². The Balaban J connectivity index is 1.64. The summed E-state index contributed by atoms with van der Waals surface area (Å²) in [7, 11) is 0. The highest BCUT2D eigenvalue weighted by atomic mass is 16.2. The van der Waals surface area contributed by atoms with Crippen LogP contribution in [0, 0.1) is 0 Å². The Labute approximate surface area is 155 Å². The molecule has 134 valence electrons. The molecule has 2 aromatic rings. The molecule has 1 unspecified atom stereocenters. The minimum absolute atomic E-state index is 0.0731. The van der Waals surface area contributed by atoms with Gasteiger partial charge in [0.2, 0.25) is 0 Å². The van der Waals surface area contributed by atoms with Crippen LogP contribution in [0.5, 0.6) is 0 Å². The predicted molar refractivity (Wildman–Crippen MR) is 104 cm³/mol. The van der Waals surface area contributed by atoms with E-state index in [2.05, 4.69) is 35.6 Å². The molecule has 0 bridgehead atoms. The average Bonchev–Trinajstić information content (AvgIpc) is 2.72. The fourth-order valence-electron chi connectivity index (χ4n) is 3.47. The van der Waals surface area contributed by atoms with Crippen molar-refractivity contribution in [3.8, 4) is 0 Å². The minimum Gasteiger partial charge on any atom is -0.339 e. The van der Waals surface area contributed by atoms with Gasteiger partial charge in [-0.1, -0.05) is 31.7 Å². The van der Waals surface area contributed by atoms with Crippen molar-refractivity contribution in [3.05, 3.63) is 84.5 Å². The van der Waals surface area contributed by atoms with Crippen LogP contribution in [-0.2, 0) is 4.79 Å². The second-order valence-electron chi connectivity index (χ2n) is 6.75. The van der Waals surface area contributed by atoms with Crippen molar-refractivity contribution in [1.29, 1.82) is 0 Å². The van der Waals surface area contributed by atoms with Crippen LogP contribution in [0.4, 0.5) is 0 Å². The molecular weight excluding hydrogens is 322 g/mol. The summed E-state index contributed by atoms with van der Waals surface area (Å²) in [5, 5.41) is 0. The van der Waals surface area contributed by atoms with Crippen molar-refractivity contribution in [2.75, 3.05) is 13.1 Å². The number of likely N-dealkylation sites (tertiary alicyclic amines) is 1. The molecule has 26 heavy (non-hydrogen) atoms. The maximum Gasteiger partial charge on any atom is 0.253 e. The molecule has 3 heterocycles. The summed E-state index contributed by atoms with van der Waals surface area (Å²) in [6.45, 7) is 7.47. The number of pyridine rings is 2. The number of piperidine rings is 1. The van der Waals surface area contributed by atoms with E-state index in [1.165, 1.54) is 5.56 Å². The lowest BCUT2D eigenvalue weighted by molar-refractivity contribution is -0.127. The van der Waals surface area contributed by atoms with E-state index in [9.17, 15) is 4.79 Å². The summed E-state index contributed by atoms with van der Waals surface area (Å²) >= 11 is 0. The number of hydrogen-bond acceptors (Lipinski definition) is 3. The smallest absolute Gasteiger partial charge is 0.253 e. The van der Waals surface area contributed by atoms with E-state index in [-0.39, 0.29) is 11.8 Å². The zero-order valence-corrected chi connectivity index (χ0v) is 15.2. The van der Waals surface area contributed by atoms with Crippen LogP contribution in [0.25, 0.3) is 0 Å². The van der Waals surface area contributed by atoms with E-state index in [1.54, 1.807) is 12.3 Å². The predicted octanol–water partition coefficient (Wildman–Crippen LogP) is 4.10. The summed E-state index contributed by atoms with van der Waals surface area (Å²) < 4.78 is 0. The van der Waals surface area contributed by atoms with Gasteiger partial charge >= 0.3 is 0 Å². The number of hydrogen-bond donors (Lipinski definition) is 0. The van der Waals surface area contributed by atoms with Crippen LogP contribution in [-0.4, -0.2) is 33.9 Å². The summed E-state index contributed by atoms with van der Waals surface area (Å²) in [6.07, 6.45) is 12.9. The minimum atomic E-state index is 0.0731. The molecule has 0 saturated carbocycles. The molecule has 1 fully saturated rings. The lowest BCUT2D eigenvalue weighted by Crippen LogP contribution is -2.38. The van der Waals surface area contributed by atoms with Crippen molar-refractivity contribution in [1.82, 2.24) is 14.9 Å². The molecular formula is C22H25N3O. The van der Waals surface area contributed by atoms with Gasteiger partial charge < -0.3 is 4.90 Å². The van der Waals surface area contributed by atoms with E-state index in [4.69, 9.17) is 0 Å². The van der Waals surface area contributed by atoms with Gasteiger partial charge in [-0.3, -0.25) is 14.8 Å². The monoisotopic (exact) mass is 347 g/mol. The van der Waals surface area contributed by atoms with Crippen LogP contribution >= 0.6 is 0 Å². The van der Waals surface area contributed by atoms with Crippen LogP contribution in [0.3, 0.4) is 0 Å². The molecule has 1 aliphatic heterocycles. The number of carbonyl (C=O) groups is 1. The molecule has 1 saturated heterocycles. The third-order valence-corrected chi connectivity index (χ3v) is 5.07. The summed E-state index contributed by atoms with van der Waals surface area (Å²) in [5.41, 5.74) is 3.08. The van der Waals surface area contributed by atoms with Crippen molar-refractivity contribution in [2.45, 2.75) is 31.6 Å². The first-order valence-electron chi connectivity index (χ1n) is 9.12. The van der Waals surface area contributed by atoms with Crippen LogP contribution < -0.4 is 0 Å². The summed E-state index contributed by atoms with van der Waals surface area (Å²) in [5.74, 6) is 0.700. The van der Waals surface area contributed by atoms with Crippen molar-refractivity contribution in [3.63, 3.8) is 0 Å². The van der Waals surface area contributed by atoms with Crippen LogP contribution in [0.1, 0.15) is 42.7 Å². The Hall–Kier alpha value is -2.75. The third-order valence-electron chi connectivity index (χ3n) is 5.07. The third kappa shape index (κ3) is 4.26. The lowest BCUT2D eigenvalue weighted by Gasteiger charge is -2.32. The molecule has 2 aromatic heterocycles. The number of nitrogens with zero attached hydrogens (tertiary/aromatic N) is 3. The molecule has 1 aliphatic rings. The van der Waals surface area contributed by atoms with E-state index in [0.717, 1.165) is 31.5 Å². The van der Waals surface area contributed by atoms with Gasteiger partial charge in [0.25, 0.3) is 5.91 Å². The van der Waals surface area contributed by atoms with Gasteiger partial charge in [-0.2, -0.15) is 0 Å². The Bertz CT molecular complexity index is 762. The molecule has 4 nitrogen and oxygen atoms in total. The number of allylic oxidation sites excluding steroid dienone is 1. The van der Waals surface area contributed by atoms with E-state index in [1.807, 2.05) is 41.7 Å². The maximum atomic E-state index is 12.9. The molecule has 4 heteroatoms. The molecule has 0 aromatic carbocycles. The first-order chi connectivity index (χ1) is 12.7. The van der Waals surface area contributed by atoms with Gasteiger partial charge in [-0.05, 0) is 48.1 Å². The molecule has 3 rings (SSSR count). The fourth-order valence-corrected chi connectivity index (χ4v) is 3.47. The van der Waals surface area contributed by atoms with Gasteiger partial charge in [0.05, 0.1) is 0 Å². The second kappa shape index (κ2) is 8.56. The molecule has 0 radical (unpaired) electrons. The Morgan fingerprint density at radius 2 is 1.92 bits per heavy atom. The average molecular weight is 347 g/mol. The highest BCUT2D eigenvalue weighted by Gasteiger charge is 2.25. The topological polar surface area (TPSA) is 46.1 Å². The van der Waals surface area contributed by atoms with Gasteiger partial charge in [-0.15, -0.1) is 0 Å². The van der Waals surface area contributed by atoms with E-state index in [0.29, 0.717) is 11.5 Å². The zero-order valence-electron chi connectivity index (χ0n) is 15.2. The Morgan fingerprint density at radius 1 is 1.19 bits per heavy atom. The van der Waals surface area contributed by atoms with Crippen molar-refractivity contribution < 1.29 is 4.79 Å². The van der Waals surface area contributed by atoms with Crippen LogP contribution in [0.15, 0.2) is 73.4 Å². The van der Waals surface area contributed by atoms with E-state index >= 15 is 0 Å². The SMILES string of the molecule is C=C/C(=C\C(C)c1cccnc1)C(=O)N1CCC(c2ccncc2)CC1. The Morgan fingerprint density at radius 3 is 2.54 bits per heavy atom. The first-order valence-corrected chi connectivity index (χ1v) is 9.12. The normalized spacial score (nSPS) is 17.0. The number of carbonyl (C=O) groups excluding carboxylic acids is 1. The highest BCUT2D eigenvalue weighted by Crippen LogP contribution is 2.28. The van der Waals surface area contributed by atoms with Crippen molar-refractivity contribution in [2.24, 2.45) is 0 Å². The largest absolute Gasteiger partial charge is 0.339 e. The van der Waals surface area contributed by atoms with Crippen LogP contribution in [0.2, 0.25) is 0 Å². The molecule has 0 spiro atoms. The van der Waals surface area contributed by atoms with Gasteiger partial charge in [0.15, 0.2) is 0 Å². The first kappa shape index (κ1) is 18.1. The number of rotatable bonds is 5. The lowest BCUT2D eigenvalue weighted by atomic mass is 9.89. The highest BCUT2D eigenvalue weighted by molar-refractivity contribution is 5.96. The molecule has 0 aliphatic carbocycles. The quantitative estimate of drug-likeness (QED) is 0.604. The standard InChI is InChI=1S/C22H25N3O/c1-3-18(15-17(2)21-5-4-10-24-16-21)22(26)25-13-8-20(9-14-25)19-6-11-23-12-7-19/h3-7,10-12,15-17,20H,1,8-9,13-14H2,2H3/b18-15+. The molecule has 1 atom stereocenters. The van der Waals surface area contributed by atoms with Gasteiger partial charge in [-0.25, -0.2) is 0 Å². The zero-order chi connectivity index (χ0) is 18.4. The fraction of sp³-hybridized carbons (Fsp3) is 0.318. The number of amides is 1. The van der Waals surface area contributed by atoms with Gasteiger partial charge in [0.1, 0.15) is 0 Å².